The van der Waals surface area contributed by atoms with Gasteiger partial charge in [0.05, 0.1) is 17.6 Å². The van der Waals surface area contributed by atoms with E-state index in [9.17, 15) is 4.79 Å². The Morgan fingerprint density at radius 1 is 1.52 bits per heavy atom. The maximum atomic E-state index is 12.5. The summed E-state index contributed by atoms with van der Waals surface area (Å²) in [6, 6.07) is 7.85. The van der Waals surface area contributed by atoms with Crippen LogP contribution in [0.5, 0.6) is 0 Å². The number of benzene rings is 1. The number of thioether (sulfide) groups is 1. The molecule has 3 nitrogen and oxygen atoms in total. The molecule has 0 saturated carbocycles. The van der Waals surface area contributed by atoms with Crippen molar-refractivity contribution in [2.75, 3.05) is 13.2 Å². The third-order valence-corrected chi connectivity index (χ3v) is 5.30. The van der Waals surface area contributed by atoms with Gasteiger partial charge in [0.25, 0.3) is 5.91 Å². The fraction of sp³-hybridized carbons (Fsp3) is 0.333. The average Bonchev–Trinajstić information content (AvgIpc) is 3.04. The fourth-order valence-electron chi connectivity index (χ4n) is 2.40. The highest BCUT2D eigenvalue weighted by atomic mass is 79.9. The van der Waals surface area contributed by atoms with Gasteiger partial charge in [0, 0.05) is 11.1 Å². The van der Waals surface area contributed by atoms with E-state index < -0.39 is 0 Å². The molecule has 0 spiro atoms. The Labute approximate surface area is 141 Å². The summed E-state index contributed by atoms with van der Waals surface area (Å²) < 4.78 is 7.21. The van der Waals surface area contributed by atoms with Gasteiger partial charge in [-0.15, -0.1) is 0 Å². The van der Waals surface area contributed by atoms with Gasteiger partial charge < -0.3 is 4.74 Å². The van der Waals surface area contributed by atoms with E-state index in [0.717, 1.165) is 29.5 Å². The lowest BCUT2D eigenvalue weighted by molar-refractivity contribution is -0.123. The van der Waals surface area contributed by atoms with Crippen LogP contribution in [0.2, 0.25) is 0 Å². The number of carbonyl (C=O) groups is 1. The summed E-state index contributed by atoms with van der Waals surface area (Å²) in [5, 5.41) is 0. The molecule has 1 amide bonds. The molecule has 6 heteroatoms. The molecule has 0 N–H and O–H groups in total. The zero-order valence-electron chi connectivity index (χ0n) is 11.3. The highest BCUT2D eigenvalue weighted by Gasteiger charge is 2.34. The zero-order valence-corrected chi connectivity index (χ0v) is 14.5. The molecule has 1 aromatic carbocycles. The minimum Gasteiger partial charge on any atom is -0.376 e. The summed E-state index contributed by atoms with van der Waals surface area (Å²) in [5.74, 6) is -0.0134. The fourth-order valence-corrected chi connectivity index (χ4v) is 4.09. The van der Waals surface area contributed by atoms with Crippen LogP contribution in [0.25, 0.3) is 6.08 Å². The molecule has 21 heavy (non-hydrogen) atoms. The summed E-state index contributed by atoms with van der Waals surface area (Å²) in [7, 11) is 0. The first kappa shape index (κ1) is 15.2. The van der Waals surface area contributed by atoms with Gasteiger partial charge in [-0.2, -0.15) is 0 Å². The number of hydrogen-bond donors (Lipinski definition) is 0. The molecule has 0 aromatic heterocycles. The van der Waals surface area contributed by atoms with Crippen molar-refractivity contribution in [3.05, 3.63) is 39.2 Å². The highest BCUT2D eigenvalue weighted by Crippen LogP contribution is 2.33. The molecule has 2 fully saturated rings. The topological polar surface area (TPSA) is 29.5 Å². The molecule has 2 aliphatic rings. The normalized spacial score (nSPS) is 24.3. The van der Waals surface area contributed by atoms with Crippen molar-refractivity contribution in [3.63, 3.8) is 0 Å². The molecule has 0 aliphatic carbocycles. The van der Waals surface area contributed by atoms with E-state index in [4.69, 9.17) is 17.0 Å². The first-order valence-corrected chi connectivity index (χ1v) is 8.78. The molecule has 1 atom stereocenters. The maximum absolute atomic E-state index is 12.5. The number of rotatable bonds is 3. The van der Waals surface area contributed by atoms with E-state index in [1.54, 1.807) is 4.90 Å². The summed E-state index contributed by atoms with van der Waals surface area (Å²) in [6.07, 6.45) is 4.08. The first-order valence-electron chi connectivity index (χ1n) is 6.76. The molecule has 2 aliphatic heterocycles. The Bertz CT molecular complexity index is 611. The molecule has 0 radical (unpaired) electrons. The third-order valence-electron chi connectivity index (χ3n) is 3.43. The van der Waals surface area contributed by atoms with Crippen molar-refractivity contribution < 1.29 is 9.53 Å². The number of nitrogens with zero attached hydrogens (tertiary/aromatic N) is 1. The van der Waals surface area contributed by atoms with Gasteiger partial charge in [0.1, 0.15) is 4.32 Å². The van der Waals surface area contributed by atoms with Crippen molar-refractivity contribution in [3.8, 4) is 0 Å². The second kappa shape index (κ2) is 6.60. The zero-order chi connectivity index (χ0) is 14.8. The van der Waals surface area contributed by atoms with Crippen LogP contribution in [0.3, 0.4) is 0 Å². The van der Waals surface area contributed by atoms with Crippen LogP contribution >= 0.6 is 39.9 Å². The van der Waals surface area contributed by atoms with E-state index in [1.165, 1.54) is 11.8 Å². The average molecular weight is 384 g/mol. The third kappa shape index (κ3) is 3.56. The number of amides is 1. The van der Waals surface area contributed by atoms with Gasteiger partial charge in [-0.1, -0.05) is 52.0 Å². The molecule has 1 aromatic rings. The van der Waals surface area contributed by atoms with Gasteiger partial charge in [0.2, 0.25) is 0 Å². The molecule has 110 valence electrons. The maximum Gasteiger partial charge on any atom is 0.266 e. The molecule has 2 saturated heterocycles. The Balaban J connectivity index is 1.76. The van der Waals surface area contributed by atoms with Crippen molar-refractivity contribution in [1.29, 1.82) is 0 Å². The van der Waals surface area contributed by atoms with E-state index >= 15 is 0 Å². The summed E-state index contributed by atoms with van der Waals surface area (Å²) in [5.41, 5.74) is 0.988. The molecule has 2 heterocycles. The van der Waals surface area contributed by atoms with Gasteiger partial charge in [0.15, 0.2) is 0 Å². The summed E-state index contributed by atoms with van der Waals surface area (Å²) in [6.45, 7) is 1.35. The van der Waals surface area contributed by atoms with E-state index in [2.05, 4.69) is 15.9 Å². The monoisotopic (exact) mass is 383 g/mol. The molecule has 0 bridgehead atoms. The van der Waals surface area contributed by atoms with Gasteiger partial charge >= 0.3 is 0 Å². The van der Waals surface area contributed by atoms with Gasteiger partial charge in [-0.3, -0.25) is 9.69 Å². The minimum atomic E-state index is -0.0134. The van der Waals surface area contributed by atoms with Gasteiger partial charge in [-0.25, -0.2) is 0 Å². The largest absolute Gasteiger partial charge is 0.376 e. The number of thiocarbonyl (C=S) groups is 1. The lowest BCUT2D eigenvalue weighted by Crippen LogP contribution is -2.35. The van der Waals surface area contributed by atoms with Crippen LogP contribution in [-0.4, -0.2) is 34.4 Å². The number of halogens is 1. The van der Waals surface area contributed by atoms with Crippen molar-refractivity contribution in [2.45, 2.75) is 18.9 Å². The number of hydrogen-bond acceptors (Lipinski definition) is 4. The second-order valence-corrected chi connectivity index (χ2v) is 7.57. The minimum absolute atomic E-state index is 0.0134. The Morgan fingerprint density at radius 2 is 2.38 bits per heavy atom. The summed E-state index contributed by atoms with van der Waals surface area (Å²) >= 11 is 10.1. The van der Waals surface area contributed by atoms with Crippen LogP contribution in [-0.2, 0) is 9.53 Å². The SMILES string of the molecule is O=C1/C(=C/c2cccc(Br)c2)SC(=S)N1C[C@H]1CCCO1. The van der Waals surface area contributed by atoms with Crippen LogP contribution in [0.4, 0.5) is 0 Å². The lowest BCUT2D eigenvalue weighted by atomic mass is 10.2. The van der Waals surface area contributed by atoms with Crippen LogP contribution < -0.4 is 0 Å². The van der Waals surface area contributed by atoms with Crippen LogP contribution in [0, 0.1) is 0 Å². The van der Waals surface area contributed by atoms with Crippen molar-refractivity contribution in [2.24, 2.45) is 0 Å². The Kier molecular flexibility index (Phi) is 4.78. The molecule has 3 rings (SSSR count). The van der Waals surface area contributed by atoms with Crippen LogP contribution in [0.15, 0.2) is 33.6 Å². The van der Waals surface area contributed by atoms with E-state index in [0.29, 0.717) is 15.8 Å². The van der Waals surface area contributed by atoms with E-state index in [-0.39, 0.29) is 12.0 Å². The second-order valence-electron chi connectivity index (χ2n) is 4.98. The smallest absolute Gasteiger partial charge is 0.266 e. The van der Waals surface area contributed by atoms with Crippen molar-refractivity contribution >= 4 is 56.2 Å². The lowest BCUT2D eigenvalue weighted by Gasteiger charge is -2.18. The predicted octanol–water partition coefficient (Wildman–Crippen LogP) is 3.83. The molecular formula is C15H14BrNO2S2. The van der Waals surface area contributed by atoms with Gasteiger partial charge in [-0.05, 0) is 36.6 Å². The summed E-state index contributed by atoms with van der Waals surface area (Å²) in [4.78, 5) is 14.8. The standard InChI is InChI=1S/C15H14BrNO2S2/c16-11-4-1-3-10(7-11)8-13-14(18)17(15(20)21-13)9-12-5-2-6-19-12/h1,3-4,7-8,12H,2,5-6,9H2/b13-8-/t12-/m1/s1. The number of carbonyl (C=O) groups excluding carboxylic acids is 1. The van der Waals surface area contributed by atoms with Crippen molar-refractivity contribution in [1.82, 2.24) is 4.90 Å². The molecular weight excluding hydrogens is 370 g/mol. The van der Waals surface area contributed by atoms with Crippen LogP contribution in [0.1, 0.15) is 18.4 Å². The highest BCUT2D eigenvalue weighted by molar-refractivity contribution is 9.10. The van der Waals surface area contributed by atoms with E-state index in [1.807, 2.05) is 30.3 Å². The first-order chi connectivity index (χ1) is 10.1. The number of ether oxygens (including phenoxy) is 1. The predicted molar refractivity (Wildman–Crippen MR) is 93.0 cm³/mol. The Hall–Kier alpha value is -0.690. The Morgan fingerprint density at radius 3 is 3.10 bits per heavy atom. The molecule has 0 unspecified atom stereocenters. The quantitative estimate of drug-likeness (QED) is 0.585.